The number of amides is 1. The molecule has 1 atom stereocenters. The largest absolute Gasteiger partial charge is 0.486 e. The summed E-state index contributed by atoms with van der Waals surface area (Å²) in [4.78, 5) is 24.5. The molecule has 1 saturated carbocycles. The van der Waals surface area contributed by atoms with E-state index in [0.717, 1.165) is 12.8 Å². The second kappa shape index (κ2) is 8.62. The summed E-state index contributed by atoms with van der Waals surface area (Å²) in [7, 11) is 0. The van der Waals surface area contributed by atoms with Gasteiger partial charge in [-0.15, -0.1) is 0 Å². The Bertz CT molecular complexity index is 672. The molecule has 2 aliphatic rings. The molecule has 1 fully saturated rings. The predicted octanol–water partition coefficient (Wildman–Crippen LogP) is 3.35. The summed E-state index contributed by atoms with van der Waals surface area (Å²) in [6, 6.07) is 2.99. The lowest BCUT2D eigenvalue weighted by Gasteiger charge is -2.23. The first-order valence-electron chi connectivity index (χ1n) is 9.12. The van der Waals surface area contributed by atoms with Crippen LogP contribution in [0.4, 0.5) is 0 Å². The first kappa shape index (κ1) is 18.8. The Kier molecular flexibility index (Phi) is 6.25. The van der Waals surface area contributed by atoms with E-state index in [1.807, 2.05) is 0 Å². The number of fused-ring (bicyclic) bond motifs is 1. The molecule has 1 heterocycles. The molecular formula is C19H24ClNO5. The van der Waals surface area contributed by atoms with Crippen molar-refractivity contribution in [3.63, 3.8) is 0 Å². The highest BCUT2D eigenvalue weighted by Crippen LogP contribution is 2.38. The number of carbonyl (C=O) groups excluding carboxylic acids is 2. The van der Waals surface area contributed by atoms with Crippen molar-refractivity contribution in [3.8, 4) is 11.5 Å². The molecule has 0 radical (unpaired) electrons. The maximum atomic E-state index is 12.3. The number of nitrogens with one attached hydrogen (secondary N) is 1. The summed E-state index contributed by atoms with van der Waals surface area (Å²) in [6.07, 6.45) is 5.12. The number of esters is 1. The van der Waals surface area contributed by atoms with Gasteiger partial charge in [-0.05, 0) is 37.8 Å². The van der Waals surface area contributed by atoms with Crippen LogP contribution in [0.3, 0.4) is 0 Å². The highest BCUT2D eigenvalue weighted by molar-refractivity contribution is 6.32. The molecule has 0 saturated heterocycles. The fraction of sp³-hybridized carbons (Fsp3) is 0.579. The van der Waals surface area contributed by atoms with Crippen LogP contribution in [0.25, 0.3) is 0 Å². The molecule has 1 aromatic rings. The smallest absolute Gasteiger partial charge is 0.339 e. The number of ether oxygens (including phenoxy) is 3. The topological polar surface area (TPSA) is 73.9 Å². The molecule has 1 amide bonds. The number of benzene rings is 1. The van der Waals surface area contributed by atoms with Crippen LogP contribution in [0.2, 0.25) is 5.02 Å². The molecule has 1 aromatic carbocycles. The molecule has 0 unspecified atom stereocenters. The lowest BCUT2D eigenvalue weighted by molar-refractivity contribution is -0.129. The fourth-order valence-electron chi connectivity index (χ4n) is 3.29. The molecule has 3 rings (SSSR count). The van der Waals surface area contributed by atoms with Gasteiger partial charge in [-0.1, -0.05) is 30.9 Å². The highest BCUT2D eigenvalue weighted by atomic mass is 35.5. The number of carbonyl (C=O) groups is 2. The predicted molar refractivity (Wildman–Crippen MR) is 96.9 cm³/mol. The Balaban J connectivity index is 1.55. The van der Waals surface area contributed by atoms with Gasteiger partial charge in [-0.3, -0.25) is 4.79 Å². The summed E-state index contributed by atoms with van der Waals surface area (Å²) in [5.41, 5.74) is 0.228. The molecule has 6 nitrogen and oxygen atoms in total. The second-order valence-electron chi connectivity index (χ2n) is 6.78. The normalized spacial score (nSPS) is 18.1. The standard InChI is InChI=1S/C19H24ClNO5/c1-12(18(22)21-11-13-5-3-2-4-6-13)26-19(23)14-9-15(20)17-16(10-14)24-7-8-25-17/h9-10,12-13H,2-8,11H2,1H3,(H,21,22)/t12-/m1/s1. The van der Waals surface area contributed by atoms with E-state index in [-0.39, 0.29) is 16.5 Å². The molecule has 0 aromatic heterocycles. The van der Waals surface area contributed by atoms with E-state index in [0.29, 0.717) is 37.2 Å². The van der Waals surface area contributed by atoms with Crippen molar-refractivity contribution in [3.05, 3.63) is 22.7 Å². The van der Waals surface area contributed by atoms with Gasteiger partial charge in [-0.2, -0.15) is 0 Å². The zero-order valence-corrected chi connectivity index (χ0v) is 15.6. The molecule has 0 spiro atoms. The molecule has 142 valence electrons. The van der Waals surface area contributed by atoms with Gasteiger partial charge in [0, 0.05) is 6.54 Å². The molecule has 0 bridgehead atoms. The average Bonchev–Trinajstić information content (AvgIpc) is 2.66. The summed E-state index contributed by atoms with van der Waals surface area (Å²) in [6.45, 7) is 3.00. The Morgan fingerprint density at radius 2 is 1.96 bits per heavy atom. The minimum atomic E-state index is -0.877. The molecule has 1 aliphatic heterocycles. The van der Waals surface area contributed by atoms with Gasteiger partial charge in [0.15, 0.2) is 17.6 Å². The fourth-order valence-corrected chi connectivity index (χ4v) is 3.56. The van der Waals surface area contributed by atoms with Crippen LogP contribution < -0.4 is 14.8 Å². The van der Waals surface area contributed by atoms with E-state index < -0.39 is 12.1 Å². The summed E-state index contributed by atoms with van der Waals surface area (Å²) in [5, 5.41) is 3.16. The Morgan fingerprint density at radius 3 is 2.73 bits per heavy atom. The minimum absolute atomic E-state index is 0.228. The Hall–Kier alpha value is -1.95. The van der Waals surface area contributed by atoms with E-state index >= 15 is 0 Å². The third-order valence-electron chi connectivity index (χ3n) is 4.78. The zero-order chi connectivity index (χ0) is 18.5. The molecule has 7 heteroatoms. The summed E-state index contributed by atoms with van der Waals surface area (Å²) >= 11 is 6.13. The quantitative estimate of drug-likeness (QED) is 0.792. The van der Waals surface area contributed by atoms with Gasteiger partial charge < -0.3 is 19.5 Å². The van der Waals surface area contributed by atoms with E-state index in [1.54, 1.807) is 6.92 Å². The lowest BCUT2D eigenvalue weighted by atomic mass is 9.89. The van der Waals surface area contributed by atoms with Crippen molar-refractivity contribution in [2.45, 2.75) is 45.1 Å². The summed E-state index contributed by atoms with van der Waals surface area (Å²) in [5.74, 6) is 0.446. The molecular weight excluding hydrogens is 358 g/mol. The van der Waals surface area contributed by atoms with E-state index in [4.69, 9.17) is 25.8 Å². The van der Waals surface area contributed by atoms with Crippen LogP contribution in [0.15, 0.2) is 12.1 Å². The Labute approximate surface area is 158 Å². The van der Waals surface area contributed by atoms with Crippen LogP contribution in [0.1, 0.15) is 49.4 Å². The minimum Gasteiger partial charge on any atom is -0.486 e. The van der Waals surface area contributed by atoms with Crippen LogP contribution in [0.5, 0.6) is 11.5 Å². The van der Waals surface area contributed by atoms with Crippen molar-refractivity contribution in [2.75, 3.05) is 19.8 Å². The van der Waals surface area contributed by atoms with E-state index in [2.05, 4.69) is 5.32 Å². The lowest BCUT2D eigenvalue weighted by Crippen LogP contribution is -2.38. The number of hydrogen-bond acceptors (Lipinski definition) is 5. The van der Waals surface area contributed by atoms with Crippen LogP contribution in [-0.2, 0) is 9.53 Å². The number of rotatable bonds is 5. The molecule has 1 aliphatic carbocycles. The van der Waals surface area contributed by atoms with Crippen molar-refractivity contribution in [2.24, 2.45) is 5.92 Å². The van der Waals surface area contributed by atoms with Gasteiger partial charge in [0.25, 0.3) is 5.91 Å². The van der Waals surface area contributed by atoms with Crippen LogP contribution in [0, 0.1) is 5.92 Å². The maximum Gasteiger partial charge on any atom is 0.339 e. The van der Waals surface area contributed by atoms with E-state index in [1.165, 1.54) is 31.4 Å². The van der Waals surface area contributed by atoms with E-state index in [9.17, 15) is 9.59 Å². The third kappa shape index (κ3) is 4.61. The maximum absolute atomic E-state index is 12.3. The first-order chi connectivity index (χ1) is 12.5. The number of hydrogen-bond donors (Lipinski definition) is 1. The van der Waals surface area contributed by atoms with Gasteiger partial charge in [0.05, 0.1) is 10.6 Å². The molecule has 1 N–H and O–H groups in total. The first-order valence-corrected chi connectivity index (χ1v) is 9.50. The number of halogens is 1. The summed E-state index contributed by atoms with van der Waals surface area (Å²) < 4.78 is 16.2. The zero-order valence-electron chi connectivity index (χ0n) is 14.9. The van der Waals surface area contributed by atoms with Gasteiger partial charge in [0.1, 0.15) is 13.2 Å². The van der Waals surface area contributed by atoms with Gasteiger partial charge >= 0.3 is 5.97 Å². The average molecular weight is 382 g/mol. The SMILES string of the molecule is C[C@@H](OC(=O)c1cc(Cl)c2c(c1)OCCO2)C(=O)NCC1CCCCC1. The van der Waals surface area contributed by atoms with Crippen LogP contribution in [-0.4, -0.2) is 37.7 Å². The third-order valence-corrected chi connectivity index (χ3v) is 5.06. The second-order valence-corrected chi connectivity index (χ2v) is 7.19. The molecule has 26 heavy (non-hydrogen) atoms. The highest BCUT2D eigenvalue weighted by Gasteiger charge is 2.24. The van der Waals surface area contributed by atoms with Crippen molar-refractivity contribution in [1.82, 2.24) is 5.32 Å². The monoisotopic (exact) mass is 381 g/mol. The Morgan fingerprint density at radius 1 is 1.23 bits per heavy atom. The van der Waals surface area contributed by atoms with Crippen molar-refractivity contribution in [1.29, 1.82) is 0 Å². The van der Waals surface area contributed by atoms with Crippen LogP contribution >= 0.6 is 11.6 Å². The van der Waals surface area contributed by atoms with Gasteiger partial charge in [0.2, 0.25) is 0 Å². The van der Waals surface area contributed by atoms with Crippen molar-refractivity contribution >= 4 is 23.5 Å². The van der Waals surface area contributed by atoms with Gasteiger partial charge in [-0.25, -0.2) is 4.79 Å². The van der Waals surface area contributed by atoms with Crippen molar-refractivity contribution < 1.29 is 23.8 Å².